The Bertz CT molecular complexity index is 653. The van der Waals surface area contributed by atoms with Gasteiger partial charge < -0.3 is 10.6 Å². The number of carbonyl (C=O) groups is 1. The maximum atomic E-state index is 10.9. The second-order valence-corrected chi connectivity index (χ2v) is 4.63. The Morgan fingerprint density at radius 3 is 2.10 bits per heavy atom. The van der Waals surface area contributed by atoms with E-state index in [1.54, 1.807) is 0 Å². The van der Waals surface area contributed by atoms with Gasteiger partial charge in [-0.3, -0.25) is 4.79 Å². The molecule has 0 fully saturated rings. The van der Waals surface area contributed by atoms with Crippen molar-refractivity contribution in [3.05, 3.63) is 54.6 Å². The van der Waals surface area contributed by atoms with Crippen molar-refractivity contribution in [3.8, 4) is 0 Å². The van der Waals surface area contributed by atoms with Gasteiger partial charge in [0.2, 0.25) is 5.91 Å². The van der Waals surface area contributed by atoms with E-state index in [1.807, 2.05) is 54.6 Å². The van der Waals surface area contributed by atoms with Gasteiger partial charge in [0, 0.05) is 12.6 Å². The van der Waals surface area contributed by atoms with E-state index in [9.17, 15) is 4.79 Å². The van der Waals surface area contributed by atoms with Gasteiger partial charge in [0.05, 0.1) is 11.4 Å². The monoisotopic (exact) mass is 298 g/mol. The lowest BCUT2D eigenvalue weighted by molar-refractivity contribution is -0.117. The summed E-state index contributed by atoms with van der Waals surface area (Å²) < 4.78 is 0. The van der Waals surface area contributed by atoms with Crippen LogP contribution in [0.25, 0.3) is 0 Å². The van der Waals surface area contributed by atoms with E-state index in [0.717, 1.165) is 17.1 Å². The second-order valence-electron chi connectivity index (χ2n) is 4.22. The van der Waals surface area contributed by atoms with Crippen molar-refractivity contribution in [3.63, 3.8) is 0 Å². The van der Waals surface area contributed by atoms with Crippen molar-refractivity contribution < 1.29 is 4.79 Å². The summed E-state index contributed by atoms with van der Waals surface area (Å²) in [6, 6.07) is 16.7. The molecular weight excluding hydrogens is 284 g/mol. The molecule has 0 aliphatic heterocycles. The highest BCUT2D eigenvalue weighted by atomic mass is 32.1. The summed E-state index contributed by atoms with van der Waals surface area (Å²) in [5.74, 6) is -0.208. The molecular formula is C15H14N4OS. The van der Waals surface area contributed by atoms with Crippen LogP contribution in [0, 0.1) is 0 Å². The van der Waals surface area contributed by atoms with Crippen LogP contribution in [0.15, 0.2) is 64.8 Å². The number of nitrogens with zero attached hydrogens (tertiary/aromatic N) is 2. The van der Waals surface area contributed by atoms with E-state index in [0.29, 0.717) is 0 Å². The molecule has 21 heavy (non-hydrogen) atoms. The molecule has 106 valence electrons. The summed E-state index contributed by atoms with van der Waals surface area (Å²) >= 11 is 4.98. The van der Waals surface area contributed by atoms with Gasteiger partial charge in [-0.25, -0.2) is 0 Å². The fourth-order valence-electron chi connectivity index (χ4n) is 1.54. The summed E-state index contributed by atoms with van der Waals surface area (Å²) in [7, 11) is 0. The van der Waals surface area contributed by atoms with Crippen molar-refractivity contribution in [2.24, 2.45) is 10.2 Å². The molecule has 6 heteroatoms. The number of amides is 1. The van der Waals surface area contributed by atoms with Gasteiger partial charge >= 0.3 is 0 Å². The molecule has 5 nitrogen and oxygen atoms in total. The molecule has 0 heterocycles. The molecule has 0 aliphatic carbocycles. The fraction of sp³-hybridized carbons (Fsp3) is 0.0667. The van der Waals surface area contributed by atoms with Crippen molar-refractivity contribution in [2.75, 3.05) is 5.32 Å². The topological polar surface area (TPSA) is 65.8 Å². The minimum absolute atomic E-state index is 0.208. The minimum Gasteiger partial charge on any atom is -0.332 e. The third-order valence-corrected chi connectivity index (χ3v) is 2.66. The number of thiocarbonyl (C=S) groups is 1. The van der Waals surface area contributed by atoms with Crippen molar-refractivity contribution in [1.82, 2.24) is 5.32 Å². The van der Waals surface area contributed by atoms with E-state index in [4.69, 9.17) is 12.2 Å². The molecule has 0 aromatic heterocycles. The Kier molecular flexibility index (Phi) is 5.11. The van der Waals surface area contributed by atoms with Crippen LogP contribution in [0.2, 0.25) is 0 Å². The number of hydrogen-bond acceptors (Lipinski definition) is 4. The summed E-state index contributed by atoms with van der Waals surface area (Å²) in [5, 5.41) is 13.9. The molecule has 2 rings (SSSR count). The summed E-state index contributed by atoms with van der Waals surface area (Å²) in [5.41, 5.74) is 2.30. The molecule has 0 spiro atoms. The zero-order valence-corrected chi connectivity index (χ0v) is 12.2. The third kappa shape index (κ3) is 5.12. The first-order valence-electron chi connectivity index (χ1n) is 6.29. The van der Waals surface area contributed by atoms with Crippen LogP contribution in [0.1, 0.15) is 6.92 Å². The number of azo groups is 1. The van der Waals surface area contributed by atoms with Crippen molar-refractivity contribution in [2.45, 2.75) is 6.92 Å². The van der Waals surface area contributed by atoms with E-state index in [-0.39, 0.29) is 11.0 Å². The molecule has 2 N–H and O–H groups in total. The lowest BCUT2D eigenvalue weighted by Gasteiger charge is -2.07. The van der Waals surface area contributed by atoms with Crippen LogP contribution < -0.4 is 10.6 Å². The molecule has 0 radical (unpaired) electrons. The van der Waals surface area contributed by atoms with Gasteiger partial charge in [-0.15, -0.1) is 0 Å². The van der Waals surface area contributed by atoms with Crippen LogP contribution in [0.5, 0.6) is 0 Å². The number of nitrogens with one attached hydrogen (secondary N) is 2. The van der Waals surface area contributed by atoms with Crippen LogP contribution >= 0.6 is 12.2 Å². The average molecular weight is 298 g/mol. The van der Waals surface area contributed by atoms with Gasteiger partial charge in [0.25, 0.3) is 0 Å². The first-order valence-corrected chi connectivity index (χ1v) is 6.70. The quantitative estimate of drug-likeness (QED) is 0.666. The third-order valence-electron chi connectivity index (χ3n) is 2.45. The lowest BCUT2D eigenvalue weighted by Crippen LogP contribution is -2.32. The summed E-state index contributed by atoms with van der Waals surface area (Å²) in [6.07, 6.45) is 0. The van der Waals surface area contributed by atoms with E-state index in [2.05, 4.69) is 20.9 Å². The van der Waals surface area contributed by atoms with Gasteiger partial charge in [0.1, 0.15) is 0 Å². The molecule has 2 aromatic rings. The van der Waals surface area contributed by atoms with Crippen molar-refractivity contribution >= 4 is 40.3 Å². The number of carbonyl (C=O) groups excluding carboxylic acids is 1. The second kappa shape index (κ2) is 7.25. The maximum absolute atomic E-state index is 10.9. The predicted molar refractivity (Wildman–Crippen MR) is 87.1 cm³/mol. The Hall–Kier alpha value is -2.60. The number of anilines is 1. The molecule has 0 unspecified atom stereocenters. The zero-order valence-electron chi connectivity index (χ0n) is 11.4. The van der Waals surface area contributed by atoms with Crippen molar-refractivity contribution in [1.29, 1.82) is 0 Å². The molecule has 0 saturated carbocycles. The Morgan fingerprint density at radius 1 is 0.952 bits per heavy atom. The van der Waals surface area contributed by atoms with Crippen LogP contribution in [-0.2, 0) is 4.79 Å². The smallest absolute Gasteiger partial charge is 0.222 e. The number of rotatable bonds is 3. The maximum Gasteiger partial charge on any atom is 0.222 e. The normalized spacial score (nSPS) is 10.3. The summed E-state index contributed by atoms with van der Waals surface area (Å²) in [6.45, 7) is 1.40. The molecule has 1 amide bonds. The van der Waals surface area contributed by atoms with Gasteiger partial charge in [-0.2, -0.15) is 10.2 Å². The summed E-state index contributed by atoms with van der Waals surface area (Å²) in [4.78, 5) is 10.9. The molecule has 0 bridgehead atoms. The fourth-order valence-corrected chi connectivity index (χ4v) is 1.81. The van der Waals surface area contributed by atoms with Gasteiger partial charge in [0.15, 0.2) is 5.11 Å². The first kappa shape index (κ1) is 14.8. The Labute approximate surface area is 128 Å². The number of benzene rings is 2. The predicted octanol–water partition coefficient (Wildman–Crippen LogP) is 3.93. The van der Waals surface area contributed by atoms with E-state index >= 15 is 0 Å². The largest absolute Gasteiger partial charge is 0.332 e. The van der Waals surface area contributed by atoms with Crippen LogP contribution in [0.3, 0.4) is 0 Å². The zero-order chi connectivity index (χ0) is 15.1. The lowest BCUT2D eigenvalue weighted by atomic mass is 10.3. The molecule has 0 atom stereocenters. The van der Waals surface area contributed by atoms with Crippen LogP contribution in [0.4, 0.5) is 17.1 Å². The molecule has 0 saturated heterocycles. The van der Waals surface area contributed by atoms with Crippen LogP contribution in [-0.4, -0.2) is 11.0 Å². The van der Waals surface area contributed by atoms with Gasteiger partial charge in [-0.05, 0) is 48.6 Å². The highest BCUT2D eigenvalue weighted by Gasteiger charge is 1.99. The van der Waals surface area contributed by atoms with Gasteiger partial charge in [-0.1, -0.05) is 18.2 Å². The average Bonchev–Trinajstić information content (AvgIpc) is 2.47. The minimum atomic E-state index is -0.208. The highest BCUT2D eigenvalue weighted by Crippen LogP contribution is 2.19. The SMILES string of the molecule is CC(=O)NC(=S)Nc1ccc(N=Nc2ccccc2)cc1. The van der Waals surface area contributed by atoms with E-state index in [1.165, 1.54) is 6.92 Å². The first-order chi connectivity index (χ1) is 10.1. The number of hydrogen-bond donors (Lipinski definition) is 2. The molecule has 2 aromatic carbocycles. The Morgan fingerprint density at radius 2 is 1.52 bits per heavy atom. The Balaban J connectivity index is 1.97. The van der Waals surface area contributed by atoms with E-state index < -0.39 is 0 Å². The standard InChI is InChI=1S/C15H14N4OS/c1-11(20)16-15(21)17-12-7-9-14(10-8-12)19-18-13-5-3-2-4-6-13/h2-10H,1H3,(H2,16,17,20,21). The highest BCUT2D eigenvalue weighted by molar-refractivity contribution is 7.80. The molecule has 0 aliphatic rings.